The molecule has 1 aliphatic rings. The van der Waals surface area contributed by atoms with Crippen LogP contribution in [0.4, 0.5) is 0 Å². The molecule has 122 valence electrons. The normalized spacial score (nSPS) is 15.9. The molecule has 0 unspecified atom stereocenters. The topological polar surface area (TPSA) is 66.7 Å². The van der Waals surface area contributed by atoms with Crippen LogP contribution in [0.25, 0.3) is 0 Å². The zero-order chi connectivity index (χ0) is 16.3. The first kappa shape index (κ1) is 16.5. The van der Waals surface area contributed by atoms with E-state index >= 15 is 0 Å². The predicted molar refractivity (Wildman–Crippen MR) is 82.3 cm³/mol. The maximum Gasteiger partial charge on any atom is 0.227 e. The van der Waals surface area contributed by atoms with Crippen molar-refractivity contribution in [2.24, 2.45) is 5.92 Å². The van der Waals surface area contributed by atoms with E-state index in [2.05, 4.69) is 5.16 Å². The third-order valence-corrected chi connectivity index (χ3v) is 4.44. The number of piperidine rings is 1. The van der Waals surface area contributed by atoms with Gasteiger partial charge < -0.3 is 14.3 Å². The molecule has 0 spiro atoms. The van der Waals surface area contributed by atoms with Gasteiger partial charge in [0.25, 0.3) is 0 Å². The molecule has 2 rings (SSSR count). The van der Waals surface area contributed by atoms with Crippen LogP contribution >= 0.6 is 0 Å². The Morgan fingerprint density at radius 3 is 2.41 bits per heavy atom. The first-order valence-corrected chi connectivity index (χ1v) is 7.78. The van der Waals surface area contributed by atoms with Crippen molar-refractivity contribution in [3.8, 4) is 0 Å². The summed E-state index contributed by atoms with van der Waals surface area (Å²) >= 11 is 0. The summed E-state index contributed by atoms with van der Waals surface area (Å²) < 4.78 is 5.10. The molecule has 0 aromatic carbocycles. The Bertz CT molecular complexity index is 523. The molecule has 1 saturated heterocycles. The van der Waals surface area contributed by atoms with E-state index in [1.54, 1.807) is 19.0 Å². The second-order valence-corrected chi connectivity index (χ2v) is 6.30. The Morgan fingerprint density at radius 2 is 1.91 bits per heavy atom. The molecule has 0 saturated carbocycles. The molecule has 0 bridgehead atoms. The van der Waals surface area contributed by atoms with E-state index in [9.17, 15) is 9.59 Å². The molecule has 1 aliphatic heterocycles. The number of aromatic nitrogens is 1. The summed E-state index contributed by atoms with van der Waals surface area (Å²) in [7, 11) is 3.56. The van der Waals surface area contributed by atoms with E-state index in [0.29, 0.717) is 18.8 Å². The van der Waals surface area contributed by atoms with Crippen LogP contribution < -0.4 is 0 Å². The fourth-order valence-corrected chi connectivity index (χ4v) is 2.83. The zero-order valence-electron chi connectivity index (χ0n) is 13.9. The van der Waals surface area contributed by atoms with E-state index in [-0.39, 0.29) is 11.8 Å². The van der Waals surface area contributed by atoms with Crippen molar-refractivity contribution in [2.75, 3.05) is 27.2 Å². The number of carbonyl (C=O) groups is 2. The molecule has 0 aliphatic carbocycles. The Labute approximate surface area is 131 Å². The molecule has 0 N–H and O–H groups in total. The summed E-state index contributed by atoms with van der Waals surface area (Å²) in [6, 6.07) is 0. The lowest BCUT2D eigenvalue weighted by molar-refractivity contribution is -0.132. The highest BCUT2D eigenvalue weighted by molar-refractivity contribution is 5.79. The van der Waals surface area contributed by atoms with E-state index in [1.807, 2.05) is 18.7 Å². The Kier molecular flexibility index (Phi) is 5.21. The fraction of sp³-hybridized carbons (Fsp3) is 0.688. The van der Waals surface area contributed by atoms with Gasteiger partial charge in [0.1, 0.15) is 5.76 Å². The van der Waals surface area contributed by atoms with Crippen molar-refractivity contribution in [1.29, 1.82) is 0 Å². The summed E-state index contributed by atoms with van der Waals surface area (Å²) in [5.41, 5.74) is 1.69. The van der Waals surface area contributed by atoms with E-state index in [4.69, 9.17) is 4.52 Å². The van der Waals surface area contributed by atoms with Gasteiger partial charge in [0.05, 0.1) is 12.1 Å². The predicted octanol–water partition coefficient (Wildman–Crippen LogP) is 1.55. The number of rotatable bonds is 4. The molecule has 6 nitrogen and oxygen atoms in total. The van der Waals surface area contributed by atoms with Crippen LogP contribution in [-0.4, -0.2) is 54.0 Å². The minimum atomic E-state index is 0.117. The molecular weight excluding hydrogens is 282 g/mol. The van der Waals surface area contributed by atoms with Gasteiger partial charge in [-0.05, 0) is 32.6 Å². The van der Waals surface area contributed by atoms with Gasteiger partial charge in [-0.1, -0.05) is 5.16 Å². The molecule has 1 aromatic rings. The fourth-order valence-electron chi connectivity index (χ4n) is 2.83. The molecule has 2 amide bonds. The van der Waals surface area contributed by atoms with Gasteiger partial charge in [0.2, 0.25) is 11.8 Å². The Hall–Kier alpha value is -1.85. The van der Waals surface area contributed by atoms with Crippen molar-refractivity contribution in [2.45, 2.75) is 39.5 Å². The van der Waals surface area contributed by atoms with Gasteiger partial charge >= 0.3 is 0 Å². The van der Waals surface area contributed by atoms with E-state index in [0.717, 1.165) is 42.9 Å². The minimum absolute atomic E-state index is 0.117. The summed E-state index contributed by atoms with van der Waals surface area (Å²) in [5, 5.41) is 3.89. The van der Waals surface area contributed by atoms with Crippen molar-refractivity contribution in [3.05, 3.63) is 17.0 Å². The van der Waals surface area contributed by atoms with Crippen LogP contribution in [0.3, 0.4) is 0 Å². The number of aryl methyl sites for hydroxylation is 2. The average Bonchev–Trinajstić information content (AvgIpc) is 2.79. The molecule has 2 heterocycles. The monoisotopic (exact) mass is 307 g/mol. The van der Waals surface area contributed by atoms with Gasteiger partial charge in [-0.3, -0.25) is 9.59 Å². The number of amides is 2. The van der Waals surface area contributed by atoms with Crippen LogP contribution in [-0.2, 0) is 16.0 Å². The molecule has 1 fully saturated rings. The summed E-state index contributed by atoms with van der Waals surface area (Å²) in [6.07, 6.45) is 2.72. The second-order valence-electron chi connectivity index (χ2n) is 6.30. The average molecular weight is 307 g/mol. The lowest BCUT2D eigenvalue weighted by atomic mass is 9.92. The standard InChI is InChI=1S/C16H25N3O3/c1-11-14(12(2)22-17-11)10-16(21)19-7-5-13(6-8-19)9-15(20)18(3)4/h13H,5-10H2,1-4H3. The first-order chi connectivity index (χ1) is 10.4. The summed E-state index contributed by atoms with van der Waals surface area (Å²) in [5.74, 6) is 1.39. The molecule has 0 atom stereocenters. The van der Waals surface area contributed by atoms with Crippen molar-refractivity contribution in [3.63, 3.8) is 0 Å². The van der Waals surface area contributed by atoms with Crippen LogP contribution in [0.15, 0.2) is 4.52 Å². The van der Waals surface area contributed by atoms with Gasteiger partial charge in [-0.2, -0.15) is 0 Å². The SMILES string of the molecule is Cc1noc(C)c1CC(=O)N1CCC(CC(=O)N(C)C)CC1. The quantitative estimate of drug-likeness (QED) is 0.846. The van der Waals surface area contributed by atoms with Gasteiger partial charge in [-0.25, -0.2) is 0 Å². The Morgan fingerprint density at radius 1 is 1.27 bits per heavy atom. The second kappa shape index (κ2) is 6.94. The van der Waals surface area contributed by atoms with Gasteiger partial charge in [0, 0.05) is 39.2 Å². The van der Waals surface area contributed by atoms with Crippen molar-refractivity contribution < 1.29 is 14.1 Å². The molecule has 6 heteroatoms. The lowest BCUT2D eigenvalue weighted by Crippen LogP contribution is -2.40. The van der Waals surface area contributed by atoms with Crippen LogP contribution in [0, 0.1) is 19.8 Å². The highest BCUT2D eigenvalue weighted by atomic mass is 16.5. The van der Waals surface area contributed by atoms with E-state index in [1.165, 1.54) is 0 Å². The maximum atomic E-state index is 12.4. The highest BCUT2D eigenvalue weighted by Crippen LogP contribution is 2.22. The minimum Gasteiger partial charge on any atom is -0.361 e. The Balaban J connectivity index is 1.84. The van der Waals surface area contributed by atoms with Crippen molar-refractivity contribution >= 4 is 11.8 Å². The van der Waals surface area contributed by atoms with E-state index < -0.39 is 0 Å². The smallest absolute Gasteiger partial charge is 0.227 e. The summed E-state index contributed by atoms with van der Waals surface area (Å²) in [4.78, 5) is 27.7. The highest BCUT2D eigenvalue weighted by Gasteiger charge is 2.26. The molecular formula is C16H25N3O3. The van der Waals surface area contributed by atoms with Gasteiger partial charge in [-0.15, -0.1) is 0 Å². The maximum absolute atomic E-state index is 12.4. The van der Waals surface area contributed by atoms with Crippen molar-refractivity contribution in [1.82, 2.24) is 15.0 Å². The number of hydrogen-bond acceptors (Lipinski definition) is 4. The largest absolute Gasteiger partial charge is 0.361 e. The third kappa shape index (κ3) is 3.87. The summed E-state index contributed by atoms with van der Waals surface area (Å²) in [6.45, 7) is 5.15. The number of nitrogens with zero attached hydrogens (tertiary/aromatic N) is 3. The molecule has 22 heavy (non-hydrogen) atoms. The third-order valence-electron chi connectivity index (χ3n) is 4.44. The number of carbonyl (C=O) groups excluding carboxylic acids is 2. The van der Waals surface area contributed by atoms with Gasteiger partial charge in [0.15, 0.2) is 0 Å². The van der Waals surface area contributed by atoms with Crippen LogP contribution in [0.5, 0.6) is 0 Å². The number of hydrogen-bond donors (Lipinski definition) is 0. The number of likely N-dealkylation sites (tertiary alicyclic amines) is 1. The first-order valence-electron chi connectivity index (χ1n) is 7.78. The zero-order valence-corrected chi connectivity index (χ0v) is 13.9. The molecule has 1 aromatic heterocycles. The van der Waals surface area contributed by atoms with Crippen LogP contribution in [0.1, 0.15) is 36.3 Å². The van der Waals surface area contributed by atoms with Crippen LogP contribution in [0.2, 0.25) is 0 Å². The molecule has 0 radical (unpaired) electrons. The lowest BCUT2D eigenvalue weighted by Gasteiger charge is -2.32.